The van der Waals surface area contributed by atoms with Gasteiger partial charge in [-0.05, 0) is 49.3 Å². The van der Waals surface area contributed by atoms with Gasteiger partial charge in [0.25, 0.3) is 0 Å². The smallest absolute Gasteiger partial charge is 0.200 e. The molecule has 0 aromatic heterocycles. The zero-order chi connectivity index (χ0) is 13.3. The average molecular weight is 242 g/mol. The van der Waals surface area contributed by atoms with Gasteiger partial charge in [0.1, 0.15) is 0 Å². The number of aryl methyl sites for hydroxylation is 1. The number of carbonyl (C=O) groups is 2. The second-order valence-corrected chi connectivity index (χ2v) is 4.39. The first-order valence-corrected chi connectivity index (χ1v) is 5.67. The molecule has 1 aromatic rings. The van der Waals surface area contributed by atoms with Crippen LogP contribution in [0.1, 0.15) is 18.9 Å². The van der Waals surface area contributed by atoms with E-state index >= 15 is 0 Å². The Bertz CT molecular complexity index is 598. The van der Waals surface area contributed by atoms with E-state index in [1.807, 2.05) is 6.92 Å². The number of hydrogen-bond acceptors (Lipinski definition) is 4. The molecule has 0 fully saturated rings. The van der Waals surface area contributed by atoms with Gasteiger partial charge < -0.3 is 5.73 Å². The van der Waals surface area contributed by atoms with Crippen molar-refractivity contribution in [3.05, 3.63) is 35.4 Å². The Kier molecular flexibility index (Phi) is 3.10. The maximum absolute atomic E-state index is 11.7. The number of anilines is 1. The highest BCUT2D eigenvalue weighted by atomic mass is 16.1. The van der Waals surface area contributed by atoms with Crippen LogP contribution in [0.2, 0.25) is 0 Å². The number of nitrogens with two attached hydrogens (primary N) is 1. The molecule has 2 rings (SSSR count). The zero-order valence-corrected chi connectivity index (χ0v) is 10.4. The molecular formula is C14H14N2O2. The van der Waals surface area contributed by atoms with E-state index < -0.39 is 0 Å². The third kappa shape index (κ3) is 2.37. The maximum Gasteiger partial charge on any atom is 0.200 e. The van der Waals surface area contributed by atoms with Crippen LogP contribution in [0.4, 0.5) is 11.4 Å². The van der Waals surface area contributed by atoms with E-state index in [2.05, 4.69) is 4.99 Å². The topological polar surface area (TPSA) is 72.5 Å². The molecule has 0 saturated carbocycles. The number of benzene rings is 1. The van der Waals surface area contributed by atoms with Crippen molar-refractivity contribution in [2.24, 2.45) is 4.99 Å². The quantitative estimate of drug-likeness (QED) is 0.767. The second-order valence-electron chi connectivity index (χ2n) is 4.39. The normalized spacial score (nSPS) is 18.1. The van der Waals surface area contributed by atoms with E-state index in [4.69, 9.17) is 5.73 Å². The summed E-state index contributed by atoms with van der Waals surface area (Å²) in [7, 11) is 0. The molecule has 1 aromatic carbocycles. The molecule has 0 amide bonds. The van der Waals surface area contributed by atoms with Crippen LogP contribution in [-0.4, -0.2) is 17.3 Å². The lowest BCUT2D eigenvalue weighted by atomic mass is 9.96. The fourth-order valence-electron chi connectivity index (χ4n) is 1.72. The van der Waals surface area contributed by atoms with Gasteiger partial charge in [-0.1, -0.05) is 0 Å². The first-order valence-electron chi connectivity index (χ1n) is 5.67. The van der Waals surface area contributed by atoms with E-state index in [-0.39, 0.29) is 23.7 Å². The van der Waals surface area contributed by atoms with Crippen molar-refractivity contribution < 1.29 is 9.59 Å². The summed E-state index contributed by atoms with van der Waals surface area (Å²) in [4.78, 5) is 27.5. The zero-order valence-electron chi connectivity index (χ0n) is 10.4. The van der Waals surface area contributed by atoms with Crippen LogP contribution in [0.3, 0.4) is 0 Å². The molecule has 1 aliphatic carbocycles. The molecule has 4 heteroatoms. The number of rotatable bonds is 1. The van der Waals surface area contributed by atoms with Crippen molar-refractivity contribution in [2.75, 3.05) is 5.73 Å². The Labute approximate surface area is 105 Å². The molecule has 1 aliphatic rings. The highest BCUT2D eigenvalue weighted by molar-refractivity contribution is 6.50. The number of allylic oxidation sites excluding steroid dienone is 2. The van der Waals surface area contributed by atoms with Gasteiger partial charge in [-0.2, -0.15) is 0 Å². The summed E-state index contributed by atoms with van der Waals surface area (Å²) >= 11 is 0. The number of aliphatic imine (C=N–C) groups is 1. The van der Waals surface area contributed by atoms with Crippen LogP contribution in [-0.2, 0) is 9.59 Å². The van der Waals surface area contributed by atoms with E-state index in [0.29, 0.717) is 16.9 Å². The Morgan fingerprint density at radius 2 is 1.94 bits per heavy atom. The van der Waals surface area contributed by atoms with Gasteiger partial charge in [-0.3, -0.25) is 9.59 Å². The van der Waals surface area contributed by atoms with Crippen LogP contribution in [0.25, 0.3) is 0 Å². The fourth-order valence-corrected chi connectivity index (χ4v) is 1.72. The number of Topliss-reactive ketones (excluding diaryl/α,β-unsaturated/α-hetero) is 1. The lowest BCUT2D eigenvalue weighted by Crippen LogP contribution is -2.22. The van der Waals surface area contributed by atoms with Crippen LogP contribution in [0.15, 0.2) is 34.8 Å². The summed E-state index contributed by atoms with van der Waals surface area (Å²) in [5.74, 6) is -0.248. The van der Waals surface area contributed by atoms with E-state index in [1.54, 1.807) is 25.1 Å². The second kappa shape index (κ2) is 4.56. The molecule has 0 atom stereocenters. The van der Waals surface area contributed by atoms with Crippen molar-refractivity contribution in [1.82, 2.24) is 0 Å². The molecule has 18 heavy (non-hydrogen) atoms. The lowest BCUT2D eigenvalue weighted by molar-refractivity contribution is -0.116. The monoisotopic (exact) mass is 242 g/mol. The van der Waals surface area contributed by atoms with Crippen LogP contribution < -0.4 is 5.73 Å². The van der Waals surface area contributed by atoms with Gasteiger partial charge >= 0.3 is 0 Å². The van der Waals surface area contributed by atoms with Gasteiger partial charge in [-0.25, -0.2) is 4.99 Å². The molecule has 4 nitrogen and oxygen atoms in total. The third-order valence-corrected chi connectivity index (χ3v) is 2.92. The first kappa shape index (κ1) is 12.2. The molecule has 0 aliphatic heterocycles. The first-order chi connectivity index (χ1) is 8.47. The molecule has 0 spiro atoms. The van der Waals surface area contributed by atoms with Gasteiger partial charge in [0.15, 0.2) is 5.78 Å². The van der Waals surface area contributed by atoms with Crippen molar-refractivity contribution >= 4 is 28.7 Å². The molecule has 0 heterocycles. The summed E-state index contributed by atoms with van der Waals surface area (Å²) in [6.45, 7) is 3.52. The van der Waals surface area contributed by atoms with Gasteiger partial charge in [0, 0.05) is 5.69 Å². The van der Waals surface area contributed by atoms with Crippen LogP contribution in [0, 0.1) is 6.92 Å². The lowest BCUT2D eigenvalue weighted by Gasteiger charge is -2.10. The Morgan fingerprint density at radius 1 is 1.22 bits per heavy atom. The molecular weight excluding hydrogens is 228 g/mol. The summed E-state index contributed by atoms with van der Waals surface area (Å²) < 4.78 is 0. The summed E-state index contributed by atoms with van der Waals surface area (Å²) in [5.41, 5.74) is 8.72. The number of nitrogens with zero attached hydrogens (tertiary/aromatic N) is 1. The molecule has 0 unspecified atom stereocenters. The number of carbonyl (C=O) groups excluding carboxylic acids is 2. The Morgan fingerprint density at radius 3 is 2.61 bits per heavy atom. The largest absolute Gasteiger partial charge is 0.399 e. The fraction of sp³-hybridized carbons (Fsp3) is 0.214. The Hall–Kier alpha value is -2.23. The minimum atomic E-state index is -0.193. The number of hydrogen-bond donors (Lipinski definition) is 1. The predicted octanol–water partition coefficient (Wildman–Crippen LogP) is 2.14. The molecule has 0 bridgehead atoms. The summed E-state index contributed by atoms with van der Waals surface area (Å²) in [6.07, 6.45) is 1.42. The number of ketones is 2. The van der Waals surface area contributed by atoms with Crippen molar-refractivity contribution in [3.63, 3.8) is 0 Å². The Balaban J connectivity index is 2.37. The summed E-state index contributed by atoms with van der Waals surface area (Å²) in [5, 5.41) is 0. The SMILES string of the molecule is CC1=CC(=O)C(=Nc2ccc(N)c(C)c2)CC1=O. The van der Waals surface area contributed by atoms with Crippen molar-refractivity contribution in [3.8, 4) is 0 Å². The third-order valence-electron chi connectivity index (χ3n) is 2.92. The summed E-state index contributed by atoms with van der Waals surface area (Å²) in [6, 6.07) is 5.27. The van der Waals surface area contributed by atoms with E-state index in [1.165, 1.54) is 6.08 Å². The standard InChI is InChI=1S/C14H14N2O2/c1-8-5-10(3-4-11(8)15)16-12-7-13(17)9(2)6-14(12)18/h3-6H,7,15H2,1-2H3. The van der Waals surface area contributed by atoms with Crippen LogP contribution >= 0.6 is 0 Å². The number of nitrogen functional groups attached to an aromatic ring is 1. The molecule has 0 saturated heterocycles. The molecule has 92 valence electrons. The minimum absolute atomic E-state index is 0.0551. The van der Waals surface area contributed by atoms with Crippen molar-refractivity contribution in [2.45, 2.75) is 20.3 Å². The highest BCUT2D eigenvalue weighted by Crippen LogP contribution is 2.21. The molecule has 2 N–H and O–H groups in total. The highest BCUT2D eigenvalue weighted by Gasteiger charge is 2.21. The van der Waals surface area contributed by atoms with E-state index in [0.717, 1.165) is 5.56 Å². The minimum Gasteiger partial charge on any atom is -0.399 e. The average Bonchev–Trinajstić information content (AvgIpc) is 2.31. The van der Waals surface area contributed by atoms with Gasteiger partial charge in [0.2, 0.25) is 5.78 Å². The maximum atomic E-state index is 11.7. The van der Waals surface area contributed by atoms with E-state index in [9.17, 15) is 9.59 Å². The van der Waals surface area contributed by atoms with Gasteiger partial charge in [0.05, 0.1) is 17.8 Å². The van der Waals surface area contributed by atoms with Gasteiger partial charge in [-0.15, -0.1) is 0 Å². The predicted molar refractivity (Wildman–Crippen MR) is 71.1 cm³/mol. The molecule has 0 radical (unpaired) electrons. The van der Waals surface area contributed by atoms with Crippen LogP contribution in [0.5, 0.6) is 0 Å². The van der Waals surface area contributed by atoms with Crippen molar-refractivity contribution in [1.29, 1.82) is 0 Å².